The van der Waals surface area contributed by atoms with Gasteiger partial charge in [0, 0.05) is 24.5 Å². The zero-order valence-corrected chi connectivity index (χ0v) is 14.5. The maximum atomic E-state index is 12.4. The Hall–Kier alpha value is -3.34. The summed E-state index contributed by atoms with van der Waals surface area (Å²) in [5, 5.41) is 12.2. The Kier molecular flexibility index (Phi) is 5.49. The van der Waals surface area contributed by atoms with E-state index in [1.807, 2.05) is 42.5 Å². The van der Waals surface area contributed by atoms with Crippen LogP contribution in [0.25, 0.3) is 11.1 Å². The standard InChI is InChI=1S/C21H20N2O3/c1-26-20-8-4-16(5-9-20)17-12-18(14-22-13-17)21(25)23-11-10-15-2-6-19(24)7-3-15/h2-9,12-14,24H,10-11H2,1H3,(H,23,25). The number of methoxy groups -OCH3 is 1. The van der Waals surface area contributed by atoms with Crippen molar-refractivity contribution in [1.82, 2.24) is 10.3 Å². The second-order valence-electron chi connectivity index (χ2n) is 5.86. The number of nitrogens with one attached hydrogen (secondary N) is 1. The number of hydrogen-bond donors (Lipinski definition) is 2. The molecule has 132 valence electrons. The predicted molar refractivity (Wildman–Crippen MR) is 100 cm³/mol. The van der Waals surface area contributed by atoms with Crippen molar-refractivity contribution in [1.29, 1.82) is 0 Å². The quantitative estimate of drug-likeness (QED) is 0.716. The maximum Gasteiger partial charge on any atom is 0.252 e. The molecule has 5 nitrogen and oxygen atoms in total. The van der Waals surface area contributed by atoms with Crippen molar-refractivity contribution in [3.05, 3.63) is 78.1 Å². The fraction of sp³-hybridized carbons (Fsp3) is 0.143. The van der Waals surface area contributed by atoms with Crippen LogP contribution in [0.2, 0.25) is 0 Å². The molecule has 5 heteroatoms. The van der Waals surface area contributed by atoms with Crippen molar-refractivity contribution in [2.24, 2.45) is 0 Å². The topological polar surface area (TPSA) is 71.5 Å². The molecule has 0 spiro atoms. The van der Waals surface area contributed by atoms with Crippen LogP contribution < -0.4 is 10.1 Å². The van der Waals surface area contributed by atoms with E-state index in [2.05, 4.69) is 10.3 Å². The van der Waals surface area contributed by atoms with E-state index in [4.69, 9.17) is 4.74 Å². The largest absolute Gasteiger partial charge is 0.508 e. The fourth-order valence-electron chi connectivity index (χ4n) is 2.59. The zero-order valence-electron chi connectivity index (χ0n) is 14.5. The van der Waals surface area contributed by atoms with Gasteiger partial charge in [-0.2, -0.15) is 0 Å². The Morgan fingerprint density at radius 3 is 2.46 bits per heavy atom. The number of benzene rings is 2. The molecular weight excluding hydrogens is 328 g/mol. The molecule has 0 radical (unpaired) electrons. The third-order valence-electron chi connectivity index (χ3n) is 4.06. The monoisotopic (exact) mass is 348 g/mol. The average Bonchev–Trinajstić information content (AvgIpc) is 2.69. The Morgan fingerprint density at radius 1 is 1.04 bits per heavy atom. The van der Waals surface area contributed by atoms with Crippen LogP contribution in [0.5, 0.6) is 11.5 Å². The summed E-state index contributed by atoms with van der Waals surface area (Å²) >= 11 is 0. The normalized spacial score (nSPS) is 10.3. The third kappa shape index (κ3) is 4.39. The molecule has 3 aromatic rings. The van der Waals surface area contributed by atoms with Gasteiger partial charge < -0.3 is 15.2 Å². The molecule has 2 N–H and O–H groups in total. The van der Waals surface area contributed by atoms with Crippen molar-refractivity contribution in [2.45, 2.75) is 6.42 Å². The number of rotatable bonds is 6. The van der Waals surface area contributed by atoms with Gasteiger partial charge in [-0.05, 0) is 47.9 Å². The van der Waals surface area contributed by atoms with Crippen LogP contribution in [0.3, 0.4) is 0 Å². The molecule has 0 aliphatic heterocycles. The summed E-state index contributed by atoms with van der Waals surface area (Å²) in [5.41, 5.74) is 3.41. The minimum absolute atomic E-state index is 0.161. The van der Waals surface area contributed by atoms with Crippen LogP contribution in [0.15, 0.2) is 67.0 Å². The van der Waals surface area contributed by atoms with E-state index in [1.54, 1.807) is 31.6 Å². The first-order chi connectivity index (χ1) is 12.7. The molecule has 1 heterocycles. The molecule has 0 bridgehead atoms. The highest BCUT2D eigenvalue weighted by molar-refractivity contribution is 5.95. The Bertz CT molecular complexity index is 875. The SMILES string of the molecule is COc1ccc(-c2cncc(C(=O)NCCc3ccc(O)cc3)c2)cc1. The van der Waals surface area contributed by atoms with Crippen LogP contribution in [-0.4, -0.2) is 29.7 Å². The summed E-state index contributed by atoms with van der Waals surface area (Å²) in [6.07, 6.45) is 3.98. The lowest BCUT2D eigenvalue weighted by atomic mass is 10.1. The number of carbonyl (C=O) groups is 1. The van der Waals surface area contributed by atoms with E-state index < -0.39 is 0 Å². The number of amides is 1. The minimum atomic E-state index is -0.161. The first-order valence-corrected chi connectivity index (χ1v) is 8.31. The van der Waals surface area contributed by atoms with E-state index in [0.717, 1.165) is 22.4 Å². The molecular formula is C21H20N2O3. The molecule has 2 aromatic carbocycles. The molecule has 1 aromatic heterocycles. The highest BCUT2D eigenvalue weighted by atomic mass is 16.5. The number of aromatic hydroxyl groups is 1. The van der Waals surface area contributed by atoms with Crippen LogP contribution in [-0.2, 0) is 6.42 Å². The van der Waals surface area contributed by atoms with Crippen LogP contribution in [0.4, 0.5) is 0 Å². The summed E-state index contributed by atoms with van der Waals surface area (Å²) in [6.45, 7) is 0.510. The molecule has 0 atom stereocenters. The van der Waals surface area contributed by atoms with Crippen molar-refractivity contribution < 1.29 is 14.6 Å². The van der Waals surface area contributed by atoms with Gasteiger partial charge in [0.15, 0.2) is 0 Å². The van der Waals surface area contributed by atoms with Crippen molar-refractivity contribution in [3.8, 4) is 22.6 Å². The van der Waals surface area contributed by atoms with Gasteiger partial charge in [-0.3, -0.25) is 9.78 Å². The highest BCUT2D eigenvalue weighted by Gasteiger charge is 2.08. The molecule has 26 heavy (non-hydrogen) atoms. The molecule has 0 saturated heterocycles. The smallest absolute Gasteiger partial charge is 0.252 e. The molecule has 1 amide bonds. The second kappa shape index (κ2) is 8.16. The summed E-state index contributed by atoms with van der Waals surface area (Å²) in [7, 11) is 1.62. The van der Waals surface area contributed by atoms with E-state index >= 15 is 0 Å². The van der Waals surface area contributed by atoms with Crippen molar-refractivity contribution in [2.75, 3.05) is 13.7 Å². The van der Waals surface area contributed by atoms with Gasteiger partial charge in [0.05, 0.1) is 12.7 Å². The van der Waals surface area contributed by atoms with Crippen LogP contribution >= 0.6 is 0 Å². The van der Waals surface area contributed by atoms with Gasteiger partial charge in [0.1, 0.15) is 11.5 Å². The summed E-state index contributed by atoms with van der Waals surface area (Å²) in [4.78, 5) is 16.5. The third-order valence-corrected chi connectivity index (χ3v) is 4.06. The van der Waals surface area contributed by atoms with Gasteiger partial charge in [0.25, 0.3) is 5.91 Å². The maximum absolute atomic E-state index is 12.4. The van der Waals surface area contributed by atoms with Crippen LogP contribution in [0.1, 0.15) is 15.9 Å². The van der Waals surface area contributed by atoms with Gasteiger partial charge in [0.2, 0.25) is 0 Å². The molecule has 0 aliphatic rings. The number of pyridine rings is 1. The van der Waals surface area contributed by atoms with Gasteiger partial charge in [-0.1, -0.05) is 24.3 Å². The Balaban J connectivity index is 1.63. The lowest BCUT2D eigenvalue weighted by Crippen LogP contribution is -2.25. The molecule has 0 aliphatic carbocycles. The van der Waals surface area contributed by atoms with Gasteiger partial charge >= 0.3 is 0 Å². The van der Waals surface area contributed by atoms with E-state index in [-0.39, 0.29) is 11.7 Å². The van der Waals surface area contributed by atoms with Gasteiger partial charge in [-0.25, -0.2) is 0 Å². The molecule has 0 fully saturated rings. The number of ether oxygens (including phenoxy) is 1. The summed E-state index contributed by atoms with van der Waals surface area (Å²) in [5.74, 6) is 0.857. The number of aromatic nitrogens is 1. The number of phenols is 1. The number of carbonyl (C=O) groups excluding carboxylic acids is 1. The van der Waals surface area contributed by atoms with E-state index in [1.165, 1.54) is 0 Å². The number of nitrogens with zero attached hydrogens (tertiary/aromatic N) is 1. The second-order valence-corrected chi connectivity index (χ2v) is 5.86. The lowest BCUT2D eigenvalue weighted by molar-refractivity contribution is 0.0954. The molecule has 0 unspecified atom stereocenters. The number of phenolic OH excluding ortho intramolecular Hbond substituents is 1. The van der Waals surface area contributed by atoms with Crippen LogP contribution in [0, 0.1) is 0 Å². The van der Waals surface area contributed by atoms with Crippen molar-refractivity contribution >= 4 is 5.91 Å². The first kappa shape index (κ1) is 17.5. The molecule has 3 rings (SSSR count). The zero-order chi connectivity index (χ0) is 18.4. The minimum Gasteiger partial charge on any atom is -0.508 e. The van der Waals surface area contributed by atoms with E-state index in [9.17, 15) is 9.90 Å². The summed E-state index contributed by atoms with van der Waals surface area (Å²) in [6, 6.07) is 16.4. The van der Waals surface area contributed by atoms with Crippen molar-refractivity contribution in [3.63, 3.8) is 0 Å². The molecule has 0 saturated carbocycles. The van der Waals surface area contributed by atoms with Gasteiger partial charge in [-0.15, -0.1) is 0 Å². The fourth-order valence-corrected chi connectivity index (χ4v) is 2.59. The Morgan fingerprint density at radius 2 is 1.77 bits per heavy atom. The predicted octanol–water partition coefficient (Wildman–Crippen LogP) is 3.44. The Labute approximate surface area is 152 Å². The summed E-state index contributed by atoms with van der Waals surface area (Å²) < 4.78 is 5.16. The van der Waals surface area contributed by atoms with E-state index in [0.29, 0.717) is 18.5 Å². The first-order valence-electron chi connectivity index (χ1n) is 8.31. The average molecular weight is 348 g/mol. The highest BCUT2D eigenvalue weighted by Crippen LogP contribution is 2.22. The number of hydrogen-bond acceptors (Lipinski definition) is 4. The lowest BCUT2D eigenvalue weighted by Gasteiger charge is -2.08.